The summed E-state index contributed by atoms with van der Waals surface area (Å²) < 4.78 is 61.4. The van der Waals surface area contributed by atoms with Crippen LogP contribution in [0, 0.1) is 11.6 Å². The van der Waals surface area contributed by atoms with Crippen molar-refractivity contribution >= 4 is 38.4 Å². The van der Waals surface area contributed by atoms with Gasteiger partial charge < -0.3 is 19.9 Å². The van der Waals surface area contributed by atoms with Gasteiger partial charge in [-0.25, -0.2) is 17.2 Å². The number of aromatic nitrogens is 1. The van der Waals surface area contributed by atoms with Crippen LogP contribution in [0.1, 0.15) is 20.8 Å². The predicted molar refractivity (Wildman–Crippen MR) is 142 cm³/mol. The lowest BCUT2D eigenvalue weighted by molar-refractivity contribution is 0.0303. The summed E-state index contributed by atoms with van der Waals surface area (Å²) >= 11 is 0. The summed E-state index contributed by atoms with van der Waals surface area (Å²) in [5, 5.41) is 0.572. The van der Waals surface area contributed by atoms with E-state index in [4.69, 9.17) is 10.5 Å². The molecule has 202 valence electrons. The highest BCUT2D eigenvalue weighted by molar-refractivity contribution is 7.92. The molecule has 0 saturated carbocycles. The molecule has 1 aromatic heterocycles. The first-order chi connectivity index (χ1) is 18.5. The first-order valence-electron chi connectivity index (χ1n) is 11.9. The van der Waals surface area contributed by atoms with Gasteiger partial charge in [-0.2, -0.15) is 0 Å². The van der Waals surface area contributed by atoms with Crippen molar-refractivity contribution < 1.29 is 31.5 Å². The van der Waals surface area contributed by atoms with E-state index >= 15 is 0 Å². The van der Waals surface area contributed by atoms with Gasteiger partial charge in [0, 0.05) is 41.4 Å². The zero-order chi connectivity index (χ0) is 27.9. The second-order valence-corrected chi connectivity index (χ2v) is 10.9. The number of anilines is 1. The third-order valence-electron chi connectivity index (χ3n) is 6.32. The van der Waals surface area contributed by atoms with E-state index in [0.29, 0.717) is 42.9 Å². The zero-order valence-electron chi connectivity index (χ0n) is 20.8. The van der Waals surface area contributed by atoms with E-state index in [-0.39, 0.29) is 34.0 Å². The molecule has 1 saturated heterocycles. The van der Waals surface area contributed by atoms with E-state index in [1.54, 1.807) is 23.1 Å². The topological polar surface area (TPSA) is 124 Å². The van der Waals surface area contributed by atoms with Crippen molar-refractivity contribution in [1.82, 2.24) is 9.47 Å². The summed E-state index contributed by atoms with van der Waals surface area (Å²) in [7, 11) is -3.60. The van der Waals surface area contributed by atoms with E-state index in [2.05, 4.69) is 4.72 Å². The normalized spacial score (nSPS) is 14.0. The minimum atomic E-state index is -3.60. The number of carbonyl (C=O) groups is 2. The van der Waals surface area contributed by atoms with Gasteiger partial charge in [-0.15, -0.1) is 0 Å². The van der Waals surface area contributed by atoms with Gasteiger partial charge in [0.2, 0.25) is 10.0 Å². The molecule has 4 aromatic rings. The largest absolute Gasteiger partial charge is 0.378 e. The molecule has 5 rings (SSSR count). The molecule has 0 unspecified atom stereocenters. The molecule has 3 aromatic carbocycles. The smallest absolute Gasteiger partial charge is 0.265 e. The maximum atomic E-state index is 14.9. The highest BCUT2D eigenvalue weighted by Gasteiger charge is 2.23. The minimum Gasteiger partial charge on any atom is -0.378 e. The molecule has 3 N–H and O–H groups in total. The molecule has 2 amide bonds. The summed E-state index contributed by atoms with van der Waals surface area (Å²) in [6.07, 6.45) is 1.01. The number of morpholine rings is 1. The number of halogens is 2. The Morgan fingerprint density at radius 1 is 0.974 bits per heavy atom. The van der Waals surface area contributed by atoms with Crippen molar-refractivity contribution in [3.8, 4) is 16.8 Å². The third kappa shape index (κ3) is 5.47. The fraction of sp³-hybridized carbons (Fsp3) is 0.185. The Morgan fingerprint density at radius 2 is 1.72 bits per heavy atom. The minimum absolute atomic E-state index is 0.0470. The Hall–Kier alpha value is -4.29. The molecule has 0 spiro atoms. The van der Waals surface area contributed by atoms with Crippen LogP contribution in [0.5, 0.6) is 0 Å². The fourth-order valence-electron chi connectivity index (χ4n) is 4.63. The molecule has 1 aliphatic rings. The van der Waals surface area contributed by atoms with Gasteiger partial charge in [-0.1, -0.05) is 6.07 Å². The van der Waals surface area contributed by atoms with Crippen LogP contribution in [0.2, 0.25) is 0 Å². The highest BCUT2D eigenvalue weighted by Crippen LogP contribution is 2.32. The molecular formula is C27H24F2N4O5S. The second kappa shape index (κ2) is 10.1. The maximum Gasteiger partial charge on any atom is 0.265 e. The number of rotatable bonds is 6. The van der Waals surface area contributed by atoms with E-state index < -0.39 is 27.6 Å². The van der Waals surface area contributed by atoms with Crippen LogP contribution in [-0.4, -0.2) is 62.3 Å². The quantitative estimate of drug-likeness (QED) is 0.378. The zero-order valence-corrected chi connectivity index (χ0v) is 21.6. The number of benzene rings is 3. The number of fused-ring (bicyclic) bond motifs is 1. The van der Waals surface area contributed by atoms with Gasteiger partial charge in [0.1, 0.15) is 17.3 Å². The van der Waals surface area contributed by atoms with Crippen LogP contribution < -0.4 is 10.5 Å². The van der Waals surface area contributed by atoms with Crippen LogP contribution in [0.3, 0.4) is 0 Å². The standard InChI is InChI=1S/C27H24F2N4O5S/c1-39(36,37)31-20-4-2-16-13-25(26(30)34)33(24(16)15-20)21-11-17(22-5-3-19(28)14-23(22)29)10-18(12-21)27(35)32-6-8-38-9-7-32/h2-5,10-15,31H,6-9H2,1H3,(H2,30,34). The van der Waals surface area contributed by atoms with Crippen LogP contribution >= 0.6 is 0 Å². The number of ether oxygens (including phenoxy) is 1. The van der Waals surface area contributed by atoms with Gasteiger partial charge in [-0.3, -0.25) is 14.3 Å². The Bertz CT molecular complexity index is 1730. The van der Waals surface area contributed by atoms with Crippen molar-refractivity contribution in [3.05, 3.63) is 83.6 Å². The van der Waals surface area contributed by atoms with E-state index in [1.165, 1.54) is 34.9 Å². The fourth-order valence-corrected chi connectivity index (χ4v) is 5.19. The molecule has 0 atom stereocenters. The van der Waals surface area contributed by atoms with Crippen LogP contribution in [0.15, 0.2) is 60.7 Å². The molecule has 12 heteroatoms. The number of nitrogens with zero attached hydrogens (tertiary/aromatic N) is 2. The molecule has 39 heavy (non-hydrogen) atoms. The van der Waals surface area contributed by atoms with E-state index in [0.717, 1.165) is 18.4 Å². The lowest BCUT2D eigenvalue weighted by Crippen LogP contribution is -2.40. The number of amides is 2. The second-order valence-electron chi connectivity index (χ2n) is 9.17. The van der Waals surface area contributed by atoms with Crippen molar-refractivity contribution in [2.24, 2.45) is 5.73 Å². The lowest BCUT2D eigenvalue weighted by Gasteiger charge is -2.27. The van der Waals surface area contributed by atoms with E-state index in [1.807, 2.05) is 0 Å². The average Bonchev–Trinajstić information content (AvgIpc) is 3.27. The number of primary amides is 1. The molecule has 1 aliphatic heterocycles. The summed E-state index contributed by atoms with van der Waals surface area (Å²) in [6.45, 7) is 1.47. The Morgan fingerprint density at radius 3 is 2.38 bits per heavy atom. The molecule has 0 aliphatic carbocycles. The highest BCUT2D eigenvalue weighted by atomic mass is 32.2. The average molecular weight is 555 g/mol. The van der Waals surface area contributed by atoms with E-state index in [9.17, 15) is 26.8 Å². The third-order valence-corrected chi connectivity index (χ3v) is 6.93. The monoisotopic (exact) mass is 554 g/mol. The lowest BCUT2D eigenvalue weighted by atomic mass is 10.00. The molecule has 0 bridgehead atoms. The Labute approximate surface area is 222 Å². The SMILES string of the molecule is CS(=O)(=O)Nc1ccc2cc(C(N)=O)n(-c3cc(C(=O)N4CCOCC4)cc(-c4ccc(F)cc4F)c3)c2c1. The Balaban J connectivity index is 1.76. The maximum absolute atomic E-state index is 14.9. The molecule has 1 fully saturated rings. The predicted octanol–water partition coefficient (Wildman–Crippen LogP) is 3.52. The van der Waals surface area contributed by atoms with Gasteiger partial charge in [0.05, 0.1) is 30.7 Å². The van der Waals surface area contributed by atoms with Crippen molar-refractivity contribution in [3.63, 3.8) is 0 Å². The summed E-state index contributed by atoms with van der Waals surface area (Å²) in [6, 6.07) is 13.9. The first-order valence-corrected chi connectivity index (χ1v) is 13.8. The van der Waals surface area contributed by atoms with Crippen molar-refractivity contribution in [1.29, 1.82) is 0 Å². The molecule has 9 nitrogen and oxygen atoms in total. The molecular weight excluding hydrogens is 530 g/mol. The van der Waals surface area contributed by atoms with Crippen LogP contribution in [0.25, 0.3) is 27.7 Å². The van der Waals surface area contributed by atoms with Crippen molar-refractivity contribution in [2.45, 2.75) is 0 Å². The van der Waals surface area contributed by atoms with Gasteiger partial charge in [0.25, 0.3) is 11.8 Å². The molecule has 2 heterocycles. The summed E-state index contributed by atoms with van der Waals surface area (Å²) in [5.41, 5.74) is 7.23. The first kappa shape index (κ1) is 26.3. The number of carbonyl (C=O) groups excluding carboxylic acids is 2. The molecule has 0 radical (unpaired) electrons. The van der Waals surface area contributed by atoms with Crippen molar-refractivity contribution in [2.75, 3.05) is 37.3 Å². The van der Waals surface area contributed by atoms with Gasteiger partial charge in [0.15, 0.2) is 0 Å². The van der Waals surface area contributed by atoms with Gasteiger partial charge >= 0.3 is 0 Å². The van der Waals surface area contributed by atoms with Crippen LogP contribution in [0.4, 0.5) is 14.5 Å². The summed E-state index contributed by atoms with van der Waals surface area (Å²) in [4.78, 5) is 27.6. The number of hydrogen-bond acceptors (Lipinski definition) is 5. The van der Waals surface area contributed by atoms with Crippen LogP contribution in [-0.2, 0) is 14.8 Å². The number of hydrogen-bond donors (Lipinski definition) is 2. The number of sulfonamides is 1. The summed E-state index contributed by atoms with van der Waals surface area (Å²) in [5.74, 6) is -2.69. The Kier molecular flexibility index (Phi) is 6.83. The van der Waals surface area contributed by atoms with Gasteiger partial charge in [-0.05, 0) is 54.1 Å². The number of nitrogens with one attached hydrogen (secondary N) is 1. The number of nitrogens with two attached hydrogens (primary N) is 1.